The molecule has 0 radical (unpaired) electrons. The molecule has 0 spiro atoms. The Morgan fingerprint density at radius 2 is 2.20 bits per heavy atom. The predicted molar refractivity (Wildman–Crippen MR) is 68.7 cm³/mol. The molecule has 0 amide bonds. The lowest BCUT2D eigenvalue weighted by Gasteiger charge is -2.23. The molecule has 2 unspecified atom stereocenters. The summed E-state index contributed by atoms with van der Waals surface area (Å²) < 4.78 is 0.998. The van der Waals surface area contributed by atoms with Gasteiger partial charge in [0.25, 0.3) is 0 Å². The van der Waals surface area contributed by atoms with Crippen molar-refractivity contribution < 1.29 is 0 Å². The van der Waals surface area contributed by atoms with Crippen LogP contribution in [0.2, 0.25) is 5.02 Å². The smallest absolute Gasteiger partial charge is 0.0496 e. The highest BCUT2D eigenvalue weighted by Crippen LogP contribution is 2.31. The monoisotopic (exact) mass is 290 g/mol. The van der Waals surface area contributed by atoms with Gasteiger partial charge < -0.3 is 0 Å². The predicted octanol–water partition coefficient (Wildman–Crippen LogP) is 3.65. The first kappa shape index (κ1) is 13.0. The topological polar surface area (TPSA) is 38.0 Å². The first-order chi connectivity index (χ1) is 7.10. The van der Waals surface area contributed by atoms with E-state index in [1.54, 1.807) is 0 Å². The van der Waals surface area contributed by atoms with Crippen molar-refractivity contribution in [3.8, 4) is 0 Å². The highest BCUT2D eigenvalue weighted by molar-refractivity contribution is 9.10. The minimum atomic E-state index is 0.154. The van der Waals surface area contributed by atoms with Gasteiger partial charge in [-0.2, -0.15) is 0 Å². The maximum absolute atomic E-state index is 5.90. The summed E-state index contributed by atoms with van der Waals surface area (Å²) in [7, 11) is 0. The van der Waals surface area contributed by atoms with Crippen LogP contribution in [0.1, 0.15) is 31.9 Å². The van der Waals surface area contributed by atoms with Crippen molar-refractivity contribution in [1.82, 2.24) is 5.43 Å². The molecule has 4 heteroatoms. The fourth-order valence-corrected chi connectivity index (χ4v) is 2.48. The van der Waals surface area contributed by atoms with Gasteiger partial charge in [0.2, 0.25) is 0 Å². The lowest BCUT2D eigenvalue weighted by molar-refractivity contribution is 0.382. The number of halogens is 2. The second kappa shape index (κ2) is 5.85. The highest BCUT2D eigenvalue weighted by atomic mass is 79.9. The molecule has 0 aliphatic carbocycles. The summed E-state index contributed by atoms with van der Waals surface area (Å²) in [5, 5.41) is 0.727. The van der Waals surface area contributed by atoms with Gasteiger partial charge in [0.1, 0.15) is 0 Å². The first-order valence-electron chi connectivity index (χ1n) is 5.01. The zero-order valence-corrected chi connectivity index (χ0v) is 11.3. The van der Waals surface area contributed by atoms with E-state index < -0.39 is 0 Å². The van der Waals surface area contributed by atoms with Gasteiger partial charge in [0.15, 0.2) is 0 Å². The number of nitrogens with two attached hydrogens (primary N) is 1. The van der Waals surface area contributed by atoms with Crippen molar-refractivity contribution in [2.45, 2.75) is 26.3 Å². The van der Waals surface area contributed by atoms with E-state index in [-0.39, 0.29) is 6.04 Å². The lowest BCUT2D eigenvalue weighted by Crippen LogP contribution is -2.32. The van der Waals surface area contributed by atoms with Crippen LogP contribution in [0.5, 0.6) is 0 Å². The Morgan fingerprint density at radius 1 is 1.53 bits per heavy atom. The summed E-state index contributed by atoms with van der Waals surface area (Å²) in [6, 6.07) is 5.93. The van der Waals surface area contributed by atoms with Crippen LogP contribution in [0.25, 0.3) is 0 Å². The summed E-state index contributed by atoms with van der Waals surface area (Å²) in [5.41, 5.74) is 4.01. The summed E-state index contributed by atoms with van der Waals surface area (Å²) in [6.45, 7) is 4.32. The number of rotatable bonds is 4. The fourth-order valence-electron chi connectivity index (χ4n) is 1.55. The Labute approximate surface area is 104 Å². The van der Waals surface area contributed by atoms with E-state index in [2.05, 4.69) is 35.2 Å². The first-order valence-corrected chi connectivity index (χ1v) is 6.18. The van der Waals surface area contributed by atoms with Gasteiger partial charge in [-0.25, -0.2) is 0 Å². The van der Waals surface area contributed by atoms with E-state index in [9.17, 15) is 0 Å². The quantitative estimate of drug-likeness (QED) is 0.656. The van der Waals surface area contributed by atoms with Crippen molar-refractivity contribution in [3.63, 3.8) is 0 Å². The zero-order chi connectivity index (χ0) is 11.4. The van der Waals surface area contributed by atoms with Gasteiger partial charge in [-0.15, -0.1) is 0 Å². The van der Waals surface area contributed by atoms with Crippen LogP contribution in [0.4, 0.5) is 0 Å². The van der Waals surface area contributed by atoms with Crippen molar-refractivity contribution in [1.29, 1.82) is 0 Å². The van der Waals surface area contributed by atoms with Gasteiger partial charge in [-0.05, 0) is 23.6 Å². The number of nitrogens with one attached hydrogen (secondary N) is 1. The molecule has 1 aromatic carbocycles. The fraction of sp³-hybridized carbons (Fsp3) is 0.455. The third kappa shape index (κ3) is 3.18. The molecule has 84 valence electrons. The molecule has 2 nitrogen and oxygen atoms in total. The van der Waals surface area contributed by atoms with Crippen LogP contribution in [-0.2, 0) is 0 Å². The molecule has 1 aromatic rings. The number of hydrazine groups is 1. The van der Waals surface area contributed by atoms with Crippen LogP contribution in [0, 0.1) is 5.92 Å². The number of hydrogen-bond acceptors (Lipinski definition) is 2. The normalized spacial score (nSPS) is 15.0. The molecule has 0 aromatic heterocycles. The van der Waals surface area contributed by atoms with E-state index in [0.717, 1.165) is 21.5 Å². The zero-order valence-electron chi connectivity index (χ0n) is 8.93. The lowest BCUT2D eigenvalue weighted by atomic mass is 9.93. The number of hydrogen-bond donors (Lipinski definition) is 2. The molecule has 0 aliphatic heterocycles. The highest BCUT2D eigenvalue weighted by Gasteiger charge is 2.18. The Hall–Kier alpha value is -0.0900. The molecule has 0 saturated heterocycles. The molecule has 0 saturated carbocycles. The van der Waals surface area contributed by atoms with E-state index in [4.69, 9.17) is 17.4 Å². The molecule has 0 bridgehead atoms. The maximum atomic E-state index is 5.90. The Morgan fingerprint density at radius 3 is 2.67 bits per heavy atom. The summed E-state index contributed by atoms with van der Waals surface area (Å²) in [4.78, 5) is 0. The van der Waals surface area contributed by atoms with E-state index >= 15 is 0 Å². The SMILES string of the molecule is CCC(C)C(NN)c1ccc(Cl)cc1Br. The van der Waals surface area contributed by atoms with E-state index in [0.29, 0.717) is 5.92 Å². The third-order valence-corrected chi connectivity index (χ3v) is 3.61. The molecule has 0 heterocycles. The van der Waals surface area contributed by atoms with Crippen molar-refractivity contribution >= 4 is 27.5 Å². The van der Waals surface area contributed by atoms with Crippen LogP contribution < -0.4 is 11.3 Å². The minimum absolute atomic E-state index is 0.154. The molecule has 2 atom stereocenters. The third-order valence-electron chi connectivity index (χ3n) is 2.69. The van der Waals surface area contributed by atoms with Gasteiger partial charge in [0, 0.05) is 15.5 Å². The van der Waals surface area contributed by atoms with Crippen LogP contribution in [0.15, 0.2) is 22.7 Å². The van der Waals surface area contributed by atoms with Crippen LogP contribution in [0.3, 0.4) is 0 Å². The summed E-state index contributed by atoms with van der Waals surface area (Å²) in [5.74, 6) is 6.06. The molecular weight excluding hydrogens is 275 g/mol. The van der Waals surface area contributed by atoms with Crippen molar-refractivity contribution in [3.05, 3.63) is 33.3 Å². The van der Waals surface area contributed by atoms with E-state index in [1.165, 1.54) is 0 Å². The largest absolute Gasteiger partial charge is 0.271 e. The van der Waals surface area contributed by atoms with Crippen molar-refractivity contribution in [2.24, 2.45) is 11.8 Å². The molecule has 0 fully saturated rings. The van der Waals surface area contributed by atoms with Crippen LogP contribution in [-0.4, -0.2) is 0 Å². The Kier molecular flexibility index (Phi) is 5.06. The molecular formula is C11H16BrClN2. The Bertz CT molecular complexity index is 330. The molecule has 15 heavy (non-hydrogen) atoms. The summed E-state index contributed by atoms with van der Waals surface area (Å²) >= 11 is 9.40. The van der Waals surface area contributed by atoms with Crippen LogP contribution >= 0.6 is 27.5 Å². The average molecular weight is 292 g/mol. The molecule has 0 aliphatic rings. The van der Waals surface area contributed by atoms with Gasteiger partial charge in [0.05, 0.1) is 0 Å². The summed E-state index contributed by atoms with van der Waals surface area (Å²) in [6.07, 6.45) is 1.07. The number of benzene rings is 1. The average Bonchev–Trinajstić information content (AvgIpc) is 2.21. The molecule has 1 rings (SSSR count). The maximum Gasteiger partial charge on any atom is 0.0496 e. The second-order valence-corrected chi connectivity index (χ2v) is 4.99. The van der Waals surface area contributed by atoms with Crippen molar-refractivity contribution in [2.75, 3.05) is 0 Å². The van der Waals surface area contributed by atoms with Gasteiger partial charge in [-0.3, -0.25) is 11.3 Å². The van der Waals surface area contributed by atoms with Gasteiger partial charge >= 0.3 is 0 Å². The second-order valence-electron chi connectivity index (χ2n) is 3.70. The van der Waals surface area contributed by atoms with Gasteiger partial charge in [-0.1, -0.05) is 53.9 Å². The van der Waals surface area contributed by atoms with E-state index in [1.807, 2.05) is 18.2 Å². The minimum Gasteiger partial charge on any atom is -0.271 e. The standard InChI is InChI=1S/C11H16BrClN2/c1-3-7(2)11(15-14)9-5-4-8(13)6-10(9)12/h4-7,11,15H,3,14H2,1-2H3. The molecule has 3 N–H and O–H groups in total. The Balaban J connectivity index is 3.01.